The van der Waals surface area contributed by atoms with Gasteiger partial charge in [-0.3, -0.25) is 4.79 Å². The molecular formula is C14H18N2O2. The van der Waals surface area contributed by atoms with Gasteiger partial charge in [-0.1, -0.05) is 12.1 Å². The van der Waals surface area contributed by atoms with E-state index in [4.69, 9.17) is 0 Å². The molecule has 1 fully saturated rings. The summed E-state index contributed by atoms with van der Waals surface area (Å²) < 4.78 is 0. The summed E-state index contributed by atoms with van der Waals surface area (Å²) in [5.41, 5.74) is 0.841. The van der Waals surface area contributed by atoms with Crippen molar-refractivity contribution in [1.82, 2.24) is 5.32 Å². The van der Waals surface area contributed by atoms with Crippen LogP contribution in [0.25, 0.3) is 0 Å². The van der Waals surface area contributed by atoms with Gasteiger partial charge in [-0.2, -0.15) is 0 Å². The Balaban J connectivity index is 2.26. The molecule has 96 valence electrons. The van der Waals surface area contributed by atoms with E-state index in [2.05, 4.69) is 10.6 Å². The average molecular weight is 246 g/mol. The van der Waals surface area contributed by atoms with Crippen molar-refractivity contribution >= 4 is 17.8 Å². The van der Waals surface area contributed by atoms with Gasteiger partial charge in [-0.05, 0) is 45.0 Å². The Morgan fingerprint density at radius 2 is 2.00 bits per heavy atom. The van der Waals surface area contributed by atoms with Crippen LogP contribution in [0.1, 0.15) is 30.1 Å². The highest BCUT2D eigenvalue weighted by molar-refractivity contribution is 6.00. The van der Waals surface area contributed by atoms with Crippen LogP contribution >= 0.6 is 0 Å². The van der Waals surface area contributed by atoms with Crippen molar-refractivity contribution in [2.75, 3.05) is 18.4 Å². The Kier molecular flexibility index (Phi) is 3.77. The van der Waals surface area contributed by atoms with Gasteiger partial charge in [0, 0.05) is 11.3 Å². The van der Waals surface area contributed by atoms with Crippen LogP contribution in [0.5, 0.6) is 0 Å². The zero-order chi connectivity index (χ0) is 13.0. The summed E-state index contributed by atoms with van der Waals surface area (Å²) in [5, 5.41) is 6.50. The molecular weight excluding hydrogens is 228 g/mol. The molecule has 0 amide bonds. The lowest BCUT2D eigenvalue weighted by atomic mass is 9.89. The zero-order valence-electron chi connectivity index (χ0n) is 10.5. The fraction of sp³-hybridized carbons (Fsp3) is 0.429. The summed E-state index contributed by atoms with van der Waals surface area (Å²) in [7, 11) is 0. The summed E-state index contributed by atoms with van der Waals surface area (Å²) in [6, 6.07) is 7.33. The van der Waals surface area contributed by atoms with E-state index in [0.29, 0.717) is 5.56 Å². The number of para-hydroxylation sites is 1. The summed E-state index contributed by atoms with van der Waals surface area (Å²) >= 11 is 0. The van der Waals surface area contributed by atoms with Crippen LogP contribution in [0.4, 0.5) is 5.69 Å². The molecule has 18 heavy (non-hydrogen) atoms. The van der Waals surface area contributed by atoms with E-state index in [1.165, 1.54) is 6.92 Å². The van der Waals surface area contributed by atoms with E-state index < -0.39 is 5.54 Å². The molecule has 4 nitrogen and oxygen atoms in total. The number of Topliss-reactive ketones (excluding diaryl/α,β-unsaturated/α-hetero) is 1. The van der Waals surface area contributed by atoms with E-state index in [1.807, 2.05) is 18.2 Å². The van der Waals surface area contributed by atoms with Gasteiger partial charge in [0.25, 0.3) is 0 Å². The number of aldehydes is 1. The smallest absolute Gasteiger partial charge is 0.161 e. The third-order valence-corrected chi connectivity index (χ3v) is 3.41. The number of rotatable bonds is 4. The molecule has 0 aromatic heterocycles. The molecule has 0 bridgehead atoms. The van der Waals surface area contributed by atoms with Gasteiger partial charge in [0.05, 0.1) is 5.54 Å². The topological polar surface area (TPSA) is 58.2 Å². The van der Waals surface area contributed by atoms with Crippen LogP contribution in [-0.2, 0) is 4.79 Å². The van der Waals surface area contributed by atoms with E-state index in [1.54, 1.807) is 6.07 Å². The monoisotopic (exact) mass is 246 g/mol. The highest BCUT2D eigenvalue weighted by Crippen LogP contribution is 2.25. The Hall–Kier alpha value is -1.68. The first-order valence-electron chi connectivity index (χ1n) is 6.22. The van der Waals surface area contributed by atoms with Crippen LogP contribution in [0.15, 0.2) is 24.3 Å². The SMILES string of the molecule is CC(=O)c1ccccc1NC1(C=O)CCNCC1. The molecule has 2 rings (SSSR count). The lowest BCUT2D eigenvalue weighted by Gasteiger charge is -2.34. The molecule has 2 N–H and O–H groups in total. The van der Waals surface area contributed by atoms with Crippen molar-refractivity contribution in [3.05, 3.63) is 29.8 Å². The number of carbonyl (C=O) groups is 2. The van der Waals surface area contributed by atoms with Gasteiger partial charge in [0.15, 0.2) is 5.78 Å². The lowest BCUT2D eigenvalue weighted by Crippen LogP contribution is -2.49. The second-order valence-corrected chi connectivity index (χ2v) is 4.75. The second-order valence-electron chi connectivity index (χ2n) is 4.75. The molecule has 1 aliphatic rings. The van der Waals surface area contributed by atoms with Gasteiger partial charge in [-0.15, -0.1) is 0 Å². The van der Waals surface area contributed by atoms with E-state index in [9.17, 15) is 9.59 Å². The normalized spacial score (nSPS) is 18.1. The Bertz CT molecular complexity index is 451. The minimum Gasteiger partial charge on any atom is -0.372 e. The Labute approximate surface area is 107 Å². The molecule has 1 aliphatic heterocycles. The van der Waals surface area contributed by atoms with Crippen LogP contribution in [-0.4, -0.2) is 30.7 Å². The summed E-state index contributed by atoms with van der Waals surface area (Å²) in [4.78, 5) is 23.0. The maximum absolute atomic E-state index is 11.6. The number of carbonyl (C=O) groups excluding carboxylic acids is 2. The molecule has 0 unspecified atom stereocenters. The molecule has 1 saturated heterocycles. The van der Waals surface area contributed by atoms with Crippen LogP contribution in [0.3, 0.4) is 0 Å². The second kappa shape index (κ2) is 5.31. The molecule has 0 atom stereocenters. The maximum Gasteiger partial charge on any atom is 0.161 e. The number of hydrogen-bond acceptors (Lipinski definition) is 4. The van der Waals surface area contributed by atoms with Crippen LogP contribution in [0.2, 0.25) is 0 Å². The third-order valence-electron chi connectivity index (χ3n) is 3.41. The number of piperidine rings is 1. The van der Waals surface area contributed by atoms with Crippen molar-refractivity contribution in [3.63, 3.8) is 0 Å². The fourth-order valence-electron chi connectivity index (χ4n) is 2.31. The Morgan fingerprint density at radius 3 is 2.61 bits per heavy atom. The minimum atomic E-state index is -0.545. The van der Waals surface area contributed by atoms with Crippen LogP contribution < -0.4 is 10.6 Å². The standard InChI is InChI=1S/C14H18N2O2/c1-11(18)12-4-2-3-5-13(12)16-14(10-17)6-8-15-9-7-14/h2-5,10,15-16H,6-9H2,1H3. The van der Waals surface area contributed by atoms with E-state index >= 15 is 0 Å². The molecule has 0 spiro atoms. The predicted octanol–water partition coefficient (Wildman–Crippen LogP) is 1.62. The van der Waals surface area contributed by atoms with Gasteiger partial charge < -0.3 is 15.4 Å². The van der Waals surface area contributed by atoms with Crippen LogP contribution in [0, 0.1) is 0 Å². The summed E-state index contributed by atoms with van der Waals surface area (Å²) in [5.74, 6) is 0.00748. The van der Waals surface area contributed by atoms with Gasteiger partial charge in [0.2, 0.25) is 0 Å². The minimum absolute atomic E-state index is 0.00748. The predicted molar refractivity (Wildman–Crippen MR) is 71.0 cm³/mol. The quantitative estimate of drug-likeness (QED) is 0.626. The molecule has 4 heteroatoms. The first-order valence-corrected chi connectivity index (χ1v) is 6.22. The first kappa shape index (κ1) is 12.8. The first-order chi connectivity index (χ1) is 8.67. The van der Waals surface area contributed by atoms with Gasteiger partial charge in [-0.25, -0.2) is 0 Å². The lowest BCUT2D eigenvalue weighted by molar-refractivity contribution is -0.112. The van der Waals surface area contributed by atoms with Gasteiger partial charge >= 0.3 is 0 Å². The Morgan fingerprint density at radius 1 is 1.33 bits per heavy atom. The number of anilines is 1. The van der Waals surface area contributed by atoms with E-state index in [0.717, 1.165) is 37.9 Å². The van der Waals surface area contributed by atoms with Crippen molar-refractivity contribution in [2.24, 2.45) is 0 Å². The van der Waals surface area contributed by atoms with E-state index in [-0.39, 0.29) is 5.78 Å². The molecule has 0 radical (unpaired) electrons. The third kappa shape index (κ3) is 2.59. The van der Waals surface area contributed by atoms with Crippen molar-refractivity contribution in [1.29, 1.82) is 0 Å². The highest BCUT2D eigenvalue weighted by Gasteiger charge is 2.32. The number of nitrogens with one attached hydrogen (secondary N) is 2. The summed E-state index contributed by atoms with van der Waals surface area (Å²) in [6.07, 6.45) is 2.45. The largest absolute Gasteiger partial charge is 0.372 e. The molecule has 1 aromatic carbocycles. The van der Waals surface area contributed by atoms with Crippen molar-refractivity contribution < 1.29 is 9.59 Å². The van der Waals surface area contributed by atoms with Crippen molar-refractivity contribution in [3.8, 4) is 0 Å². The molecule has 1 heterocycles. The molecule has 0 saturated carbocycles. The zero-order valence-corrected chi connectivity index (χ0v) is 10.5. The van der Waals surface area contributed by atoms with Gasteiger partial charge in [0.1, 0.15) is 6.29 Å². The fourth-order valence-corrected chi connectivity index (χ4v) is 2.31. The number of ketones is 1. The average Bonchev–Trinajstić information content (AvgIpc) is 2.40. The molecule has 1 aromatic rings. The number of benzene rings is 1. The maximum atomic E-state index is 11.6. The number of hydrogen-bond donors (Lipinski definition) is 2. The highest BCUT2D eigenvalue weighted by atomic mass is 16.1. The molecule has 0 aliphatic carbocycles. The van der Waals surface area contributed by atoms with Crippen molar-refractivity contribution in [2.45, 2.75) is 25.3 Å². The summed E-state index contributed by atoms with van der Waals surface area (Å²) in [6.45, 7) is 3.17.